The van der Waals surface area contributed by atoms with Crippen molar-refractivity contribution in [3.05, 3.63) is 45.8 Å². The van der Waals surface area contributed by atoms with Crippen molar-refractivity contribution in [2.45, 2.75) is 107 Å². The molecule has 226 valence electrons. The minimum absolute atomic E-state index is 0.123. The second-order valence-corrected chi connectivity index (χ2v) is 13.2. The summed E-state index contributed by atoms with van der Waals surface area (Å²) in [5.41, 5.74) is 2.15. The Labute approximate surface area is 248 Å². The Hall–Kier alpha value is -2.07. The first-order chi connectivity index (χ1) is 19.9. The zero-order valence-electron chi connectivity index (χ0n) is 24.7. The Morgan fingerprint density at radius 3 is 2.66 bits per heavy atom. The molecule has 0 radical (unpaired) electrons. The highest BCUT2D eigenvalue weighted by Gasteiger charge is 2.43. The molecule has 1 amide bonds. The van der Waals surface area contributed by atoms with Crippen LogP contribution in [0.2, 0.25) is 0 Å². The maximum absolute atomic E-state index is 13.3. The van der Waals surface area contributed by atoms with Gasteiger partial charge in [0.15, 0.2) is 0 Å². The number of ether oxygens (including phenoxy) is 2. The fourth-order valence-corrected chi connectivity index (χ4v) is 7.65. The second kappa shape index (κ2) is 13.9. The summed E-state index contributed by atoms with van der Waals surface area (Å²) in [6, 6.07) is 0.281. The lowest BCUT2D eigenvalue weighted by atomic mass is 9.77. The van der Waals surface area contributed by atoms with E-state index in [0.29, 0.717) is 23.3 Å². The number of dihydropyridines is 1. The Morgan fingerprint density at radius 2 is 2.02 bits per heavy atom. The summed E-state index contributed by atoms with van der Waals surface area (Å²) in [6.07, 6.45) is 18.2. The minimum Gasteiger partial charge on any atom is -0.510 e. The molecule has 0 aromatic heterocycles. The van der Waals surface area contributed by atoms with Gasteiger partial charge in [-0.15, -0.1) is 0 Å². The molecule has 5 rings (SSSR count). The normalized spacial score (nSPS) is 33.1. The maximum Gasteiger partial charge on any atom is 0.261 e. The highest BCUT2D eigenvalue weighted by Crippen LogP contribution is 2.44. The lowest BCUT2D eigenvalue weighted by Crippen LogP contribution is -2.49. The van der Waals surface area contributed by atoms with E-state index in [4.69, 9.17) is 14.5 Å². The van der Waals surface area contributed by atoms with E-state index in [0.717, 1.165) is 75.5 Å². The molecule has 41 heavy (non-hydrogen) atoms. The number of aliphatic hydroxyl groups excluding tert-OH is 2. The molecule has 3 aliphatic carbocycles. The van der Waals surface area contributed by atoms with Crippen LogP contribution in [0.4, 0.5) is 0 Å². The van der Waals surface area contributed by atoms with Crippen molar-refractivity contribution in [2.24, 2.45) is 22.7 Å². The van der Waals surface area contributed by atoms with Crippen LogP contribution in [0.1, 0.15) is 77.6 Å². The number of carbonyl (C=O) groups is 1. The van der Waals surface area contributed by atoms with E-state index in [1.807, 2.05) is 6.21 Å². The van der Waals surface area contributed by atoms with E-state index in [1.54, 1.807) is 14.2 Å². The monoisotopic (exact) mass is 585 g/mol. The van der Waals surface area contributed by atoms with Crippen LogP contribution in [0, 0.1) is 17.8 Å². The summed E-state index contributed by atoms with van der Waals surface area (Å²) in [4.78, 5) is 18.5. The molecular formula is C32H47N3O5S. The number of methoxy groups -OCH3 is 2. The number of amides is 1. The van der Waals surface area contributed by atoms with Gasteiger partial charge in [0.2, 0.25) is 0 Å². The molecular weight excluding hydrogens is 538 g/mol. The number of unbranched alkanes of at least 4 members (excludes halogenated alkanes) is 1. The van der Waals surface area contributed by atoms with Crippen LogP contribution >= 0.6 is 11.8 Å². The van der Waals surface area contributed by atoms with Gasteiger partial charge in [-0.3, -0.25) is 15.1 Å². The summed E-state index contributed by atoms with van der Waals surface area (Å²) >= 11 is 1.35. The molecule has 8 nitrogen and oxygen atoms in total. The van der Waals surface area contributed by atoms with Gasteiger partial charge in [0, 0.05) is 49.2 Å². The number of nitrogens with one attached hydrogen (secondary N) is 2. The first kappa shape index (κ1) is 30.4. The average Bonchev–Trinajstić information content (AvgIpc) is 3.82. The third-order valence-electron chi connectivity index (χ3n) is 9.14. The van der Waals surface area contributed by atoms with Crippen LogP contribution in [0.3, 0.4) is 0 Å². The minimum atomic E-state index is -0.467. The highest BCUT2D eigenvalue weighted by atomic mass is 32.2. The van der Waals surface area contributed by atoms with Gasteiger partial charge >= 0.3 is 0 Å². The van der Waals surface area contributed by atoms with Crippen LogP contribution in [-0.4, -0.2) is 66.3 Å². The first-order valence-corrected chi connectivity index (χ1v) is 16.4. The van der Waals surface area contributed by atoms with Crippen LogP contribution < -0.4 is 10.6 Å². The molecule has 1 fully saturated rings. The molecule has 0 aromatic carbocycles. The lowest BCUT2D eigenvalue weighted by Gasteiger charge is -2.39. The quantitative estimate of drug-likeness (QED) is 0.182. The van der Waals surface area contributed by atoms with Gasteiger partial charge in [-0.2, -0.15) is 0 Å². The van der Waals surface area contributed by atoms with Gasteiger partial charge in [-0.25, -0.2) is 0 Å². The molecule has 1 saturated carbocycles. The van der Waals surface area contributed by atoms with Gasteiger partial charge in [-0.1, -0.05) is 49.8 Å². The molecule has 4 N–H and O–H groups in total. The standard InChI is InChI=1S/C32H47N3O5S/c1-4-5-7-23-27(28-24(39-2)8-6-9-25(28)40-3)29(36)30(32(38)35-23)41-26-17-14-21(18-33-26)19-10-12-20(13-11-19)31(37)34-22-15-16-22/h10,12,14,18-20,22-24,26-27,31,34,36-37H,4-9,11,13,15-17H2,1-3H3,(H,35,38). The molecule has 2 aliphatic heterocycles. The first-order valence-electron chi connectivity index (χ1n) is 15.5. The van der Waals surface area contributed by atoms with E-state index >= 15 is 0 Å². The van der Waals surface area contributed by atoms with E-state index < -0.39 is 6.23 Å². The van der Waals surface area contributed by atoms with Gasteiger partial charge in [0.1, 0.15) is 22.3 Å². The summed E-state index contributed by atoms with van der Waals surface area (Å²) in [6.45, 7) is 2.13. The molecule has 5 aliphatic rings. The molecule has 0 aromatic rings. The summed E-state index contributed by atoms with van der Waals surface area (Å²) in [5.74, 6) is 0.840. The second-order valence-electron chi connectivity index (χ2n) is 12.0. The third kappa shape index (κ3) is 7.12. The molecule has 0 spiro atoms. The SMILES string of the molecule is CCCCC1NC(=O)C(SC2CC=C(C3C=CC(C(O)NC4CC4)CC3)C=N2)=C(O)C1C1=C(OC)CCCC1OC. The number of hydrogen-bond acceptors (Lipinski definition) is 8. The van der Waals surface area contributed by atoms with Crippen molar-refractivity contribution in [1.29, 1.82) is 0 Å². The van der Waals surface area contributed by atoms with E-state index in [1.165, 1.54) is 17.3 Å². The highest BCUT2D eigenvalue weighted by molar-refractivity contribution is 8.04. The predicted molar refractivity (Wildman–Crippen MR) is 163 cm³/mol. The van der Waals surface area contributed by atoms with E-state index in [9.17, 15) is 15.0 Å². The average molecular weight is 586 g/mol. The van der Waals surface area contributed by atoms with Gasteiger partial charge in [-0.05, 0) is 56.9 Å². The predicted octanol–water partition coefficient (Wildman–Crippen LogP) is 5.27. The van der Waals surface area contributed by atoms with Crippen molar-refractivity contribution in [3.63, 3.8) is 0 Å². The zero-order valence-corrected chi connectivity index (χ0v) is 25.5. The van der Waals surface area contributed by atoms with E-state index in [-0.39, 0.29) is 41.0 Å². The molecule has 9 heteroatoms. The number of allylic oxidation sites excluding steroid dienone is 3. The fraction of sp³-hybridized carbons (Fsp3) is 0.688. The Bertz CT molecular complexity index is 1110. The Balaban J connectivity index is 1.29. The smallest absolute Gasteiger partial charge is 0.261 e. The number of hydrogen-bond donors (Lipinski definition) is 4. The number of aliphatic imine (C=N–C) groups is 1. The molecule has 0 saturated heterocycles. The number of thioether (sulfide) groups is 1. The summed E-state index contributed by atoms with van der Waals surface area (Å²) < 4.78 is 11.7. The maximum atomic E-state index is 13.3. The van der Waals surface area contributed by atoms with Crippen LogP contribution in [0.15, 0.2) is 50.8 Å². The van der Waals surface area contributed by atoms with Crippen molar-refractivity contribution < 1.29 is 24.5 Å². The fourth-order valence-electron chi connectivity index (χ4n) is 6.65. The third-order valence-corrected chi connectivity index (χ3v) is 10.4. The van der Waals surface area contributed by atoms with Crippen LogP contribution in [0.25, 0.3) is 0 Å². The van der Waals surface area contributed by atoms with Crippen LogP contribution in [0.5, 0.6) is 0 Å². The Kier molecular flexibility index (Phi) is 10.3. The number of aliphatic hydroxyl groups is 2. The van der Waals surface area contributed by atoms with Crippen molar-refractivity contribution in [2.75, 3.05) is 14.2 Å². The Morgan fingerprint density at radius 1 is 1.20 bits per heavy atom. The lowest BCUT2D eigenvalue weighted by molar-refractivity contribution is -0.118. The molecule has 0 bridgehead atoms. The molecule has 7 atom stereocenters. The number of rotatable bonds is 12. The largest absolute Gasteiger partial charge is 0.510 e. The topological polar surface area (TPSA) is 112 Å². The van der Waals surface area contributed by atoms with E-state index in [2.05, 4.69) is 35.8 Å². The number of nitrogens with zero attached hydrogens (tertiary/aromatic N) is 1. The van der Waals surface area contributed by atoms with Crippen molar-refractivity contribution >= 4 is 23.9 Å². The number of carbonyl (C=O) groups excluding carboxylic acids is 1. The van der Waals surface area contributed by atoms with Crippen molar-refractivity contribution in [3.8, 4) is 0 Å². The zero-order chi connectivity index (χ0) is 28.9. The van der Waals surface area contributed by atoms with Crippen LogP contribution in [-0.2, 0) is 14.3 Å². The summed E-state index contributed by atoms with van der Waals surface area (Å²) in [7, 11) is 3.39. The van der Waals surface area contributed by atoms with Gasteiger partial charge in [0.05, 0.1) is 24.9 Å². The van der Waals surface area contributed by atoms with Gasteiger partial charge in [0.25, 0.3) is 5.91 Å². The van der Waals surface area contributed by atoms with Gasteiger partial charge < -0.3 is 25.0 Å². The molecule has 7 unspecified atom stereocenters. The summed E-state index contributed by atoms with van der Waals surface area (Å²) in [5, 5.41) is 28.5. The van der Waals surface area contributed by atoms with Crippen molar-refractivity contribution in [1.82, 2.24) is 10.6 Å². The molecule has 2 heterocycles.